The van der Waals surface area contributed by atoms with Crippen molar-refractivity contribution < 1.29 is 9.53 Å². The van der Waals surface area contributed by atoms with Crippen LogP contribution in [-0.2, 0) is 9.53 Å². The molecule has 0 N–H and O–H groups in total. The van der Waals surface area contributed by atoms with Crippen LogP contribution in [0.1, 0.15) is 10.6 Å². The number of methoxy groups -OCH3 is 1. The van der Waals surface area contributed by atoms with Crippen molar-refractivity contribution in [2.75, 3.05) is 7.11 Å². The number of carbonyl (C=O) groups excluding carboxylic acids is 1. The fourth-order valence-corrected chi connectivity index (χ4v) is 1.02. The number of hydrogen-bond acceptors (Lipinski definition) is 5. The smallest absolute Gasteiger partial charge is 0.384 e. The maximum Gasteiger partial charge on any atom is 0.384 e. The molecule has 0 spiro atoms. The van der Waals surface area contributed by atoms with E-state index in [9.17, 15) is 4.79 Å². The summed E-state index contributed by atoms with van der Waals surface area (Å²) in [4.78, 5) is 11.3. The van der Waals surface area contributed by atoms with Crippen LogP contribution in [0.5, 0.6) is 0 Å². The number of carbonyl (C=O) groups is 1. The Balaban J connectivity index is 2.79. The fourth-order valence-electron chi connectivity index (χ4n) is 0.506. The molecule has 0 unspecified atom stereocenters. The molecule has 0 fully saturated rings. The van der Waals surface area contributed by atoms with Crippen LogP contribution < -0.4 is 0 Å². The number of aryl methyl sites for hydroxylation is 1. The van der Waals surface area contributed by atoms with Crippen LogP contribution in [-0.4, -0.2) is 22.7 Å². The molecular weight excluding hydrogens is 176 g/mol. The van der Waals surface area contributed by atoms with Gasteiger partial charge in [0.05, 0.1) is 12.8 Å². The van der Waals surface area contributed by atoms with Crippen molar-refractivity contribution in [2.45, 2.75) is 6.92 Å². The van der Waals surface area contributed by atoms with Crippen LogP contribution in [0.15, 0.2) is 0 Å². The third-order valence-electron chi connectivity index (χ3n) is 1.12. The number of aromatic nitrogens is 2. The predicted molar refractivity (Wildman–Crippen MR) is 43.5 cm³/mol. The Kier molecular flexibility index (Phi) is 2.77. The van der Waals surface area contributed by atoms with Crippen LogP contribution in [0.3, 0.4) is 0 Å². The second-order valence-corrected chi connectivity index (χ2v) is 2.68. The molecule has 5 heteroatoms. The van der Waals surface area contributed by atoms with Crippen molar-refractivity contribution in [3.63, 3.8) is 0 Å². The summed E-state index contributed by atoms with van der Waals surface area (Å²) in [6.07, 6.45) is 0. The highest BCUT2D eigenvalue weighted by atomic mass is 32.1. The molecule has 0 aliphatic carbocycles. The largest absolute Gasteiger partial charge is 0.459 e. The lowest BCUT2D eigenvalue weighted by Crippen LogP contribution is -1.94. The minimum atomic E-state index is -0.553. The lowest BCUT2D eigenvalue weighted by atomic mass is 10.4. The van der Waals surface area contributed by atoms with Crippen LogP contribution >= 0.6 is 11.5 Å². The van der Waals surface area contributed by atoms with Crippen molar-refractivity contribution in [3.8, 4) is 11.8 Å². The van der Waals surface area contributed by atoms with E-state index in [0.29, 0.717) is 4.88 Å². The van der Waals surface area contributed by atoms with Crippen molar-refractivity contribution in [1.82, 2.24) is 9.59 Å². The van der Waals surface area contributed by atoms with E-state index >= 15 is 0 Å². The first kappa shape index (κ1) is 8.68. The van der Waals surface area contributed by atoms with E-state index in [-0.39, 0.29) is 0 Å². The Morgan fingerprint density at radius 3 is 2.92 bits per heavy atom. The summed E-state index contributed by atoms with van der Waals surface area (Å²) < 4.78 is 8.00. The van der Waals surface area contributed by atoms with Gasteiger partial charge in [-0.15, -0.1) is 5.10 Å². The van der Waals surface area contributed by atoms with Gasteiger partial charge in [-0.1, -0.05) is 4.49 Å². The maximum atomic E-state index is 10.6. The Hall–Kier alpha value is -1.41. The van der Waals surface area contributed by atoms with Gasteiger partial charge >= 0.3 is 5.97 Å². The SMILES string of the molecule is COC(=O)C#Cc1snnc1C. The molecule has 0 aliphatic rings. The molecule has 0 saturated heterocycles. The predicted octanol–water partition coefficient (Wildman–Crippen LogP) is 0.371. The molecule has 0 aliphatic heterocycles. The van der Waals surface area contributed by atoms with Gasteiger partial charge in [-0.2, -0.15) is 0 Å². The van der Waals surface area contributed by atoms with Gasteiger partial charge in [0.25, 0.3) is 0 Å². The quantitative estimate of drug-likeness (QED) is 0.429. The maximum absolute atomic E-state index is 10.6. The summed E-state index contributed by atoms with van der Waals surface area (Å²) in [5, 5.41) is 3.73. The fraction of sp³-hybridized carbons (Fsp3) is 0.286. The molecule has 0 bridgehead atoms. The molecule has 12 heavy (non-hydrogen) atoms. The van der Waals surface area contributed by atoms with E-state index in [1.165, 1.54) is 7.11 Å². The van der Waals surface area contributed by atoms with Gasteiger partial charge < -0.3 is 4.74 Å². The molecule has 0 amide bonds. The first-order chi connectivity index (χ1) is 5.74. The summed E-state index contributed by atoms with van der Waals surface area (Å²) in [5.41, 5.74) is 0.733. The van der Waals surface area contributed by atoms with Gasteiger partial charge in [0.1, 0.15) is 4.88 Å². The first-order valence-electron chi connectivity index (χ1n) is 3.13. The second kappa shape index (κ2) is 3.83. The highest BCUT2D eigenvalue weighted by Gasteiger charge is 1.98. The number of nitrogens with zero attached hydrogens (tertiary/aromatic N) is 2. The van der Waals surface area contributed by atoms with Gasteiger partial charge in [0.15, 0.2) is 0 Å². The number of rotatable bonds is 0. The van der Waals surface area contributed by atoms with E-state index in [1.807, 2.05) is 0 Å². The normalized spacial score (nSPS) is 8.50. The highest BCUT2D eigenvalue weighted by Crippen LogP contribution is 2.05. The molecule has 62 valence electrons. The molecular formula is C7H6N2O2S. The number of esters is 1. The minimum Gasteiger partial charge on any atom is -0.459 e. The summed E-state index contributed by atoms with van der Waals surface area (Å²) >= 11 is 1.16. The van der Waals surface area contributed by atoms with Crippen molar-refractivity contribution in [3.05, 3.63) is 10.6 Å². The summed E-state index contributed by atoms with van der Waals surface area (Å²) in [6.45, 7) is 1.78. The molecule has 1 heterocycles. The third-order valence-corrected chi connectivity index (χ3v) is 1.86. The average molecular weight is 182 g/mol. The second-order valence-electron chi connectivity index (χ2n) is 1.93. The first-order valence-corrected chi connectivity index (χ1v) is 3.90. The van der Waals surface area contributed by atoms with E-state index in [1.54, 1.807) is 6.92 Å². The van der Waals surface area contributed by atoms with Crippen LogP contribution in [0.2, 0.25) is 0 Å². The Bertz CT molecular complexity index is 348. The van der Waals surface area contributed by atoms with E-state index in [2.05, 4.69) is 26.2 Å². The standard InChI is InChI=1S/C7H6N2O2S/c1-5-6(12-9-8-5)3-4-7(10)11-2/h1-2H3. The molecule has 1 aromatic heterocycles. The minimum absolute atomic E-state index is 0.553. The van der Waals surface area contributed by atoms with Crippen LogP contribution in [0.25, 0.3) is 0 Å². The van der Waals surface area contributed by atoms with Crippen LogP contribution in [0, 0.1) is 18.8 Å². The molecule has 0 atom stereocenters. The molecule has 4 nitrogen and oxygen atoms in total. The van der Waals surface area contributed by atoms with E-state index < -0.39 is 5.97 Å². The zero-order valence-corrected chi connectivity index (χ0v) is 7.44. The lowest BCUT2D eigenvalue weighted by molar-refractivity contribution is -0.133. The Labute approximate surface area is 73.7 Å². The lowest BCUT2D eigenvalue weighted by Gasteiger charge is -1.83. The monoisotopic (exact) mass is 182 g/mol. The van der Waals surface area contributed by atoms with Gasteiger partial charge in [-0.05, 0) is 24.4 Å². The molecule has 1 aromatic rings. The molecule has 0 aromatic carbocycles. The zero-order valence-electron chi connectivity index (χ0n) is 6.62. The summed E-state index contributed by atoms with van der Waals surface area (Å²) in [6, 6.07) is 0. The number of ether oxygens (including phenoxy) is 1. The third kappa shape index (κ3) is 2.04. The van der Waals surface area contributed by atoms with Gasteiger partial charge in [-0.3, -0.25) is 0 Å². The van der Waals surface area contributed by atoms with Gasteiger partial charge in [0.2, 0.25) is 0 Å². The molecule has 0 radical (unpaired) electrons. The van der Waals surface area contributed by atoms with E-state index in [0.717, 1.165) is 17.2 Å². The van der Waals surface area contributed by atoms with Crippen molar-refractivity contribution in [1.29, 1.82) is 0 Å². The topological polar surface area (TPSA) is 52.1 Å². The van der Waals surface area contributed by atoms with Crippen LogP contribution in [0.4, 0.5) is 0 Å². The molecule has 1 rings (SSSR count). The van der Waals surface area contributed by atoms with E-state index in [4.69, 9.17) is 0 Å². The molecule has 0 saturated carbocycles. The number of hydrogen-bond donors (Lipinski definition) is 0. The summed E-state index contributed by atoms with van der Waals surface area (Å²) in [7, 11) is 1.29. The Morgan fingerprint density at radius 1 is 1.67 bits per heavy atom. The van der Waals surface area contributed by atoms with Crippen molar-refractivity contribution >= 4 is 17.5 Å². The Morgan fingerprint density at radius 2 is 2.42 bits per heavy atom. The average Bonchev–Trinajstić information content (AvgIpc) is 2.47. The summed E-state index contributed by atoms with van der Waals surface area (Å²) in [5.74, 6) is 4.35. The zero-order chi connectivity index (χ0) is 8.97. The highest BCUT2D eigenvalue weighted by molar-refractivity contribution is 7.06. The van der Waals surface area contributed by atoms with Crippen molar-refractivity contribution in [2.24, 2.45) is 0 Å². The van der Waals surface area contributed by atoms with Gasteiger partial charge in [0, 0.05) is 5.92 Å². The van der Waals surface area contributed by atoms with Gasteiger partial charge in [-0.25, -0.2) is 4.79 Å².